The number of amides is 1. The van der Waals surface area contributed by atoms with Crippen LogP contribution in [0.4, 0.5) is 5.69 Å². The molecule has 2 aromatic rings. The lowest BCUT2D eigenvalue weighted by molar-refractivity contribution is -0.116. The third-order valence-corrected chi connectivity index (χ3v) is 4.41. The molecule has 0 atom stereocenters. The Morgan fingerprint density at radius 3 is 2.42 bits per heavy atom. The number of hydrogen-bond donors (Lipinski definition) is 1. The maximum absolute atomic E-state index is 12.4. The topological polar surface area (TPSA) is 89.8 Å². The minimum Gasteiger partial charge on any atom is -0.326 e. The summed E-state index contributed by atoms with van der Waals surface area (Å²) in [5.74, 6) is 0.963. The van der Waals surface area contributed by atoms with Gasteiger partial charge in [0.05, 0.1) is 5.75 Å². The number of carbonyl (C=O) groups is 2. The predicted molar refractivity (Wildman–Crippen MR) is 102 cm³/mol. The first-order valence-corrected chi connectivity index (χ1v) is 9.65. The highest BCUT2D eigenvalue weighted by Gasteiger charge is 2.13. The number of thioether (sulfide) groups is 1. The van der Waals surface area contributed by atoms with Gasteiger partial charge in [-0.1, -0.05) is 39.5 Å². The van der Waals surface area contributed by atoms with E-state index in [4.69, 9.17) is 0 Å². The number of nitrogens with one attached hydrogen (secondary N) is 1. The minimum absolute atomic E-state index is 0.00541. The van der Waals surface area contributed by atoms with Crippen LogP contribution in [0.3, 0.4) is 0 Å². The van der Waals surface area contributed by atoms with Gasteiger partial charge in [-0.2, -0.15) is 0 Å². The highest BCUT2D eigenvalue weighted by molar-refractivity contribution is 7.99. The van der Waals surface area contributed by atoms with Crippen molar-refractivity contribution >= 4 is 29.1 Å². The number of benzene rings is 1. The van der Waals surface area contributed by atoms with E-state index in [0.717, 1.165) is 0 Å². The maximum atomic E-state index is 12.4. The number of aromatic nitrogens is 4. The van der Waals surface area contributed by atoms with Crippen molar-refractivity contribution in [2.75, 3.05) is 11.1 Å². The largest absolute Gasteiger partial charge is 0.326 e. The molecule has 0 aliphatic rings. The van der Waals surface area contributed by atoms with Gasteiger partial charge in [0.2, 0.25) is 11.1 Å². The van der Waals surface area contributed by atoms with Crippen molar-refractivity contribution in [2.24, 2.45) is 11.8 Å². The lowest BCUT2D eigenvalue weighted by Crippen LogP contribution is -2.14. The molecule has 140 valence electrons. The summed E-state index contributed by atoms with van der Waals surface area (Å²) >= 11 is 1.33. The van der Waals surface area contributed by atoms with Crippen LogP contribution in [0.25, 0.3) is 0 Å². The number of rotatable bonds is 9. The molecule has 0 fully saturated rings. The standard InChI is InChI=1S/C18H25N5O2S/c1-12(2)9-17(25)19-15-7-5-14(6-8-15)16(24)11-26-18-20-21-22-23(18)10-13(3)4/h5-8,12-13H,9-11H2,1-4H3,(H,19,25). The van der Waals surface area contributed by atoms with Gasteiger partial charge in [-0.25, -0.2) is 4.68 Å². The van der Waals surface area contributed by atoms with Gasteiger partial charge in [-0.05, 0) is 46.5 Å². The number of anilines is 1. The molecule has 0 aliphatic carbocycles. The summed E-state index contributed by atoms with van der Waals surface area (Å²) in [6.07, 6.45) is 0.475. The molecule has 1 heterocycles. The van der Waals surface area contributed by atoms with Gasteiger partial charge in [0.15, 0.2) is 5.78 Å². The van der Waals surface area contributed by atoms with Crippen molar-refractivity contribution in [1.82, 2.24) is 20.2 Å². The van der Waals surface area contributed by atoms with Gasteiger partial charge in [0.25, 0.3) is 0 Å². The first kappa shape index (κ1) is 20.1. The van der Waals surface area contributed by atoms with Crippen LogP contribution in [0.2, 0.25) is 0 Å². The molecule has 8 heteroatoms. The number of carbonyl (C=O) groups excluding carboxylic acids is 2. The zero-order valence-corrected chi connectivity index (χ0v) is 16.4. The fourth-order valence-electron chi connectivity index (χ4n) is 2.30. The molecule has 26 heavy (non-hydrogen) atoms. The second-order valence-electron chi connectivity index (χ2n) is 6.97. The van der Waals surface area contributed by atoms with E-state index in [0.29, 0.717) is 41.2 Å². The van der Waals surface area contributed by atoms with E-state index in [2.05, 4.69) is 34.7 Å². The molecule has 0 saturated heterocycles. The summed E-state index contributed by atoms with van der Waals surface area (Å²) in [5.41, 5.74) is 1.29. The first-order valence-electron chi connectivity index (χ1n) is 8.67. The number of hydrogen-bond acceptors (Lipinski definition) is 6. The minimum atomic E-state index is -0.0216. The lowest BCUT2D eigenvalue weighted by atomic mass is 10.1. The number of ketones is 1. The summed E-state index contributed by atoms with van der Waals surface area (Å²) in [6, 6.07) is 6.95. The summed E-state index contributed by atoms with van der Waals surface area (Å²) in [5, 5.41) is 15.1. The van der Waals surface area contributed by atoms with E-state index in [1.54, 1.807) is 28.9 Å². The zero-order valence-electron chi connectivity index (χ0n) is 15.6. The van der Waals surface area contributed by atoms with Crippen molar-refractivity contribution in [3.8, 4) is 0 Å². The van der Waals surface area contributed by atoms with Gasteiger partial charge >= 0.3 is 0 Å². The Kier molecular flexibility index (Phi) is 7.32. The van der Waals surface area contributed by atoms with Crippen molar-refractivity contribution in [2.45, 2.75) is 45.8 Å². The van der Waals surface area contributed by atoms with Crippen LogP contribution in [0.15, 0.2) is 29.4 Å². The highest BCUT2D eigenvalue weighted by Crippen LogP contribution is 2.18. The summed E-state index contributed by atoms with van der Waals surface area (Å²) < 4.78 is 1.72. The van der Waals surface area contributed by atoms with Crippen LogP contribution in [0.1, 0.15) is 44.5 Å². The second kappa shape index (κ2) is 9.47. The summed E-state index contributed by atoms with van der Waals surface area (Å²) in [6.45, 7) is 8.88. The van der Waals surface area contributed by atoms with Crippen LogP contribution >= 0.6 is 11.8 Å². The Morgan fingerprint density at radius 1 is 1.12 bits per heavy atom. The van der Waals surface area contributed by atoms with Crippen LogP contribution in [0, 0.1) is 11.8 Å². The molecule has 0 unspecified atom stereocenters. The number of Topliss-reactive ketones (excluding diaryl/α,β-unsaturated/α-hetero) is 1. The SMILES string of the molecule is CC(C)CC(=O)Nc1ccc(C(=O)CSc2nnnn2CC(C)C)cc1. The number of nitrogens with zero attached hydrogens (tertiary/aromatic N) is 4. The maximum Gasteiger partial charge on any atom is 0.224 e. The third kappa shape index (κ3) is 6.25. The Bertz CT molecular complexity index is 740. The Hall–Kier alpha value is -2.22. The van der Waals surface area contributed by atoms with Crippen LogP contribution in [-0.4, -0.2) is 37.7 Å². The molecule has 0 bridgehead atoms. The first-order chi connectivity index (χ1) is 12.3. The van der Waals surface area contributed by atoms with Gasteiger partial charge < -0.3 is 5.32 Å². The zero-order chi connectivity index (χ0) is 19.1. The fraction of sp³-hybridized carbons (Fsp3) is 0.500. The molecule has 1 N–H and O–H groups in total. The summed E-state index contributed by atoms with van der Waals surface area (Å²) in [4.78, 5) is 24.1. The molecule has 0 saturated carbocycles. The average Bonchev–Trinajstić information content (AvgIpc) is 2.98. The Balaban J connectivity index is 1.90. The van der Waals surface area contributed by atoms with Gasteiger partial charge in [-0.15, -0.1) is 5.10 Å². The number of tetrazole rings is 1. The molecule has 1 amide bonds. The Labute approximate surface area is 157 Å². The molecule has 2 rings (SSSR count). The normalized spacial score (nSPS) is 11.2. The van der Waals surface area contributed by atoms with Crippen molar-refractivity contribution in [3.63, 3.8) is 0 Å². The monoisotopic (exact) mass is 375 g/mol. The smallest absolute Gasteiger partial charge is 0.224 e. The van der Waals surface area contributed by atoms with Crippen LogP contribution in [-0.2, 0) is 11.3 Å². The molecule has 0 spiro atoms. The molecule has 7 nitrogen and oxygen atoms in total. The molecule has 0 aliphatic heterocycles. The van der Waals surface area contributed by atoms with Crippen LogP contribution < -0.4 is 5.32 Å². The molecule has 0 radical (unpaired) electrons. The summed E-state index contributed by atoms with van der Waals surface area (Å²) in [7, 11) is 0. The lowest BCUT2D eigenvalue weighted by Gasteiger charge is -2.08. The quantitative estimate of drug-likeness (QED) is 0.534. The van der Waals surface area contributed by atoms with Gasteiger partial charge in [-0.3, -0.25) is 9.59 Å². The van der Waals surface area contributed by atoms with E-state index in [9.17, 15) is 9.59 Å². The predicted octanol–water partition coefficient (Wildman–Crippen LogP) is 3.29. The average molecular weight is 375 g/mol. The Morgan fingerprint density at radius 2 is 1.81 bits per heavy atom. The molecule has 1 aromatic heterocycles. The highest BCUT2D eigenvalue weighted by atomic mass is 32.2. The molecular weight excluding hydrogens is 350 g/mol. The fourth-order valence-corrected chi connectivity index (χ4v) is 3.08. The second-order valence-corrected chi connectivity index (χ2v) is 7.92. The molecule has 1 aromatic carbocycles. The van der Waals surface area contributed by atoms with E-state index in [1.165, 1.54) is 11.8 Å². The molecular formula is C18H25N5O2S. The van der Waals surface area contributed by atoms with Crippen LogP contribution in [0.5, 0.6) is 0 Å². The third-order valence-electron chi connectivity index (χ3n) is 3.45. The van der Waals surface area contributed by atoms with E-state index in [-0.39, 0.29) is 17.4 Å². The van der Waals surface area contributed by atoms with Gasteiger partial charge in [0.1, 0.15) is 0 Å². The van der Waals surface area contributed by atoms with Gasteiger partial charge in [0, 0.05) is 24.2 Å². The van der Waals surface area contributed by atoms with Crippen molar-refractivity contribution < 1.29 is 9.59 Å². The van der Waals surface area contributed by atoms with Crippen molar-refractivity contribution in [1.29, 1.82) is 0 Å². The van der Waals surface area contributed by atoms with E-state index >= 15 is 0 Å². The van der Waals surface area contributed by atoms with E-state index in [1.807, 2.05) is 13.8 Å². The van der Waals surface area contributed by atoms with E-state index < -0.39 is 0 Å². The van der Waals surface area contributed by atoms with Crippen molar-refractivity contribution in [3.05, 3.63) is 29.8 Å².